The molecule has 0 saturated heterocycles. The molecular formula is C14H22O. The van der Waals surface area contributed by atoms with E-state index in [0.29, 0.717) is 0 Å². The molecular weight excluding hydrogens is 184 g/mol. The number of benzene rings is 1. The van der Waals surface area contributed by atoms with E-state index in [1.165, 1.54) is 17.5 Å². The topological polar surface area (TPSA) is 9.23 Å². The first-order valence-electron chi connectivity index (χ1n) is 5.80. The van der Waals surface area contributed by atoms with Crippen LogP contribution in [0.2, 0.25) is 0 Å². The van der Waals surface area contributed by atoms with Crippen molar-refractivity contribution in [3.8, 4) is 5.75 Å². The number of hydrogen-bond acceptors (Lipinski definition) is 1. The molecule has 0 aromatic heterocycles. The van der Waals surface area contributed by atoms with E-state index >= 15 is 0 Å². The van der Waals surface area contributed by atoms with Crippen LogP contribution in [0.15, 0.2) is 18.2 Å². The van der Waals surface area contributed by atoms with Gasteiger partial charge in [-0.3, -0.25) is 0 Å². The molecule has 0 spiro atoms. The normalized spacial score (nSPS) is 10.7. The minimum absolute atomic E-state index is 0.770. The molecule has 0 unspecified atom stereocenters. The molecule has 0 saturated carbocycles. The molecule has 1 aromatic carbocycles. The van der Waals surface area contributed by atoms with Gasteiger partial charge in [0.2, 0.25) is 0 Å². The standard InChI is InChI=1S/C14H22O/c1-11(2)7-6-10-15-14-12(3)8-5-9-13(14)4/h5,8-9,11H,6-7,10H2,1-4H3. The molecule has 0 amide bonds. The van der Waals surface area contributed by atoms with Crippen LogP contribution in [0.25, 0.3) is 0 Å². The quantitative estimate of drug-likeness (QED) is 0.658. The largest absolute Gasteiger partial charge is 0.493 e. The lowest BCUT2D eigenvalue weighted by molar-refractivity contribution is 0.294. The second-order valence-electron chi connectivity index (χ2n) is 4.61. The van der Waals surface area contributed by atoms with Crippen LogP contribution in [0.4, 0.5) is 0 Å². The summed E-state index contributed by atoms with van der Waals surface area (Å²) in [5.41, 5.74) is 2.47. The summed E-state index contributed by atoms with van der Waals surface area (Å²) in [6.45, 7) is 9.54. The van der Waals surface area contributed by atoms with E-state index in [0.717, 1.165) is 24.7 Å². The Balaban J connectivity index is 2.43. The molecule has 0 aliphatic heterocycles. The van der Waals surface area contributed by atoms with Crippen LogP contribution < -0.4 is 4.74 Å². The highest BCUT2D eigenvalue weighted by Crippen LogP contribution is 2.22. The van der Waals surface area contributed by atoms with Crippen molar-refractivity contribution in [1.82, 2.24) is 0 Å². The van der Waals surface area contributed by atoms with Crippen LogP contribution in [0.5, 0.6) is 5.75 Å². The van der Waals surface area contributed by atoms with Crippen LogP contribution in [0.1, 0.15) is 37.8 Å². The molecule has 0 fully saturated rings. The number of rotatable bonds is 5. The maximum absolute atomic E-state index is 5.82. The monoisotopic (exact) mass is 206 g/mol. The van der Waals surface area contributed by atoms with Gasteiger partial charge < -0.3 is 4.74 Å². The van der Waals surface area contributed by atoms with Crippen molar-refractivity contribution in [1.29, 1.82) is 0 Å². The number of aryl methyl sites for hydroxylation is 2. The third-order valence-electron chi connectivity index (χ3n) is 2.58. The lowest BCUT2D eigenvalue weighted by Crippen LogP contribution is -2.02. The molecule has 0 aliphatic carbocycles. The molecule has 0 bridgehead atoms. The Bertz CT molecular complexity index is 282. The summed E-state index contributed by atoms with van der Waals surface area (Å²) in [5, 5.41) is 0. The Morgan fingerprint density at radius 3 is 2.27 bits per heavy atom. The number of hydrogen-bond donors (Lipinski definition) is 0. The molecule has 1 nitrogen and oxygen atoms in total. The first kappa shape index (κ1) is 12.1. The summed E-state index contributed by atoms with van der Waals surface area (Å²) in [6.07, 6.45) is 2.39. The third kappa shape index (κ3) is 3.94. The van der Waals surface area contributed by atoms with Crippen molar-refractivity contribution in [3.05, 3.63) is 29.3 Å². The molecule has 0 heterocycles. The smallest absolute Gasteiger partial charge is 0.125 e. The van der Waals surface area contributed by atoms with Gasteiger partial charge in [-0.05, 0) is 43.7 Å². The zero-order valence-corrected chi connectivity index (χ0v) is 10.3. The molecule has 1 aromatic rings. The average molecular weight is 206 g/mol. The van der Waals surface area contributed by atoms with E-state index in [-0.39, 0.29) is 0 Å². The van der Waals surface area contributed by atoms with Crippen LogP contribution in [-0.4, -0.2) is 6.61 Å². The first-order chi connectivity index (χ1) is 7.11. The van der Waals surface area contributed by atoms with Crippen molar-refractivity contribution in [2.24, 2.45) is 5.92 Å². The molecule has 1 rings (SSSR count). The highest BCUT2D eigenvalue weighted by atomic mass is 16.5. The van der Waals surface area contributed by atoms with Crippen LogP contribution in [0, 0.1) is 19.8 Å². The molecule has 0 aliphatic rings. The second-order valence-corrected chi connectivity index (χ2v) is 4.61. The van der Waals surface area contributed by atoms with Gasteiger partial charge in [-0.2, -0.15) is 0 Å². The maximum atomic E-state index is 5.82. The van der Waals surface area contributed by atoms with Crippen molar-refractivity contribution >= 4 is 0 Å². The fourth-order valence-corrected chi connectivity index (χ4v) is 1.69. The molecule has 0 atom stereocenters. The molecule has 1 heteroatoms. The fourth-order valence-electron chi connectivity index (χ4n) is 1.69. The SMILES string of the molecule is Cc1cccc(C)c1OCCCC(C)C. The summed E-state index contributed by atoms with van der Waals surface area (Å²) in [4.78, 5) is 0. The summed E-state index contributed by atoms with van der Waals surface area (Å²) in [6, 6.07) is 6.28. The van der Waals surface area contributed by atoms with Gasteiger partial charge in [0.25, 0.3) is 0 Å². The zero-order chi connectivity index (χ0) is 11.3. The number of ether oxygens (including phenoxy) is 1. The molecule has 15 heavy (non-hydrogen) atoms. The lowest BCUT2D eigenvalue weighted by atomic mass is 10.1. The van der Waals surface area contributed by atoms with Crippen molar-refractivity contribution in [3.63, 3.8) is 0 Å². The summed E-state index contributed by atoms with van der Waals surface area (Å²) in [5.74, 6) is 1.84. The van der Waals surface area contributed by atoms with E-state index in [4.69, 9.17) is 4.74 Å². The second kappa shape index (κ2) is 5.79. The van der Waals surface area contributed by atoms with Gasteiger partial charge in [-0.15, -0.1) is 0 Å². The Morgan fingerprint density at radius 2 is 1.73 bits per heavy atom. The van der Waals surface area contributed by atoms with Crippen molar-refractivity contribution < 1.29 is 4.74 Å². The predicted octanol–water partition coefficient (Wildman–Crippen LogP) is 4.12. The Morgan fingerprint density at radius 1 is 1.13 bits per heavy atom. The Hall–Kier alpha value is -0.980. The average Bonchev–Trinajstić information content (AvgIpc) is 2.15. The van der Waals surface area contributed by atoms with E-state index in [9.17, 15) is 0 Å². The summed E-state index contributed by atoms with van der Waals surface area (Å²) < 4.78 is 5.82. The highest BCUT2D eigenvalue weighted by molar-refractivity contribution is 5.39. The first-order valence-corrected chi connectivity index (χ1v) is 5.80. The van der Waals surface area contributed by atoms with Gasteiger partial charge in [0, 0.05) is 0 Å². The van der Waals surface area contributed by atoms with Crippen LogP contribution in [-0.2, 0) is 0 Å². The third-order valence-corrected chi connectivity index (χ3v) is 2.58. The minimum atomic E-state index is 0.770. The number of para-hydroxylation sites is 1. The summed E-state index contributed by atoms with van der Waals surface area (Å²) in [7, 11) is 0. The van der Waals surface area contributed by atoms with Crippen LogP contribution >= 0.6 is 0 Å². The van der Waals surface area contributed by atoms with E-state index < -0.39 is 0 Å². The van der Waals surface area contributed by atoms with Gasteiger partial charge in [0.05, 0.1) is 6.61 Å². The maximum Gasteiger partial charge on any atom is 0.125 e. The Kier molecular flexibility index (Phi) is 4.67. The van der Waals surface area contributed by atoms with E-state index in [1.807, 2.05) is 0 Å². The fraction of sp³-hybridized carbons (Fsp3) is 0.571. The zero-order valence-electron chi connectivity index (χ0n) is 10.3. The molecule has 0 N–H and O–H groups in total. The van der Waals surface area contributed by atoms with E-state index in [2.05, 4.69) is 45.9 Å². The van der Waals surface area contributed by atoms with Gasteiger partial charge in [0.1, 0.15) is 5.75 Å². The van der Waals surface area contributed by atoms with Gasteiger partial charge in [0.15, 0.2) is 0 Å². The highest BCUT2D eigenvalue weighted by Gasteiger charge is 2.02. The van der Waals surface area contributed by atoms with Gasteiger partial charge in [-0.25, -0.2) is 0 Å². The lowest BCUT2D eigenvalue weighted by Gasteiger charge is -2.12. The summed E-state index contributed by atoms with van der Waals surface area (Å²) >= 11 is 0. The van der Waals surface area contributed by atoms with E-state index in [1.54, 1.807) is 0 Å². The predicted molar refractivity (Wildman–Crippen MR) is 65.5 cm³/mol. The van der Waals surface area contributed by atoms with Crippen LogP contribution in [0.3, 0.4) is 0 Å². The minimum Gasteiger partial charge on any atom is -0.493 e. The van der Waals surface area contributed by atoms with Crippen molar-refractivity contribution in [2.75, 3.05) is 6.61 Å². The Labute approximate surface area is 93.5 Å². The molecule has 0 radical (unpaired) electrons. The van der Waals surface area contributed by atoms with Gasteiger partial charge >= 0.3 is 0 Å². The van der Waals surface area contributed by atoms with Gasteiger partial charge in [-0.1, -0.05) is 32.0 Å². The van der Waals surface area contributed by atoms with Crippen molar-refractivity contribution in [2.45, 2.75) is 40.5 Å². The molecule has 84 valence electrons.